The van der Waals surface area contributed by atoms with E-state index >= 15 is 0 Å². The lowest BCUT2D eigenvalue weighted by molar-refractivity contribution is 0.139. The Hall–Kier alpha value is -1.62. The van der Waals surface area contributed by atoms with E-state index in [0.29, 0.717) is 12.2 Å². The van der Waals surface area contributed by atoms with Crippen molar-refractivity contribution in [3.05, 3.63) is 35.6 Å². The Morgan fingerprint density at radius 1 is 1.41 bits per heavy atom. The maximum Gasteiger partial charge on any atom is 0.421 e. The lowest BCUT2D eigenvalue weighted by atomic mass is 10.2. The molecule has 0 saturated heterocycles. The second kappa shape index (κ2) is 7.62. The third-order valence-electron chi connectivity index (χ3n) is 2.16. The highest BCUT2D eigenvalue weighted by molar-refractivity contribution is 5.66. The van der Waals surface area contributed by atoms with Crippen LogP contribution in [0.4, 0.5) is 9.18 Å². The molecule has 0 radical (unpaired) electrons. The molecule has 0 saturated carbocycles. The predicted octanol–water partition coefficient (Wildman–Crippen LogP) is 2.36. The second-order valence-corrected chi connectivity index (χ2v) is 3.56. The Morgan fingerprint density at radius 2 is 2.18 bits per heavy atom. The van der Waals surface area contributed by atoms with Gasteiger partial charge in [0.05, 0.1) is 6.61 Å². The molecule has 0 atom stereocenters. The zero-order valence-corrected chi connectivity index (χ0v) is 9.83. The van der Waals surface area contributed by atoms with Gasteiger partial charge in [-0.2, -0.15) is 0 Å². The van der Waals surface area contributed by atoms with Crippen molar-refractivity contribution in [1.82, 2.24) is 10.9 Å². The number of hydrogen-bond donors (Lipinski definition) is 2. The fourth-order valence-corrected chi connectivity index (χ4v) is 1.20. The van der Waals surface area contributed by atoms with E-state index in [1.54, 1.807) is 18.2 Å². The van der Waals surface area contributed by atoms with E-state index in [1.807, 2.05) is 6.92 Å². The molecule has 94 valence electrons. The van der Waals surface area contributed by atoms with Crippen LogP contribution >= 0.6 is 0 Å². The lowest BCUT2D eigenvalue weighted by Gasteiger charge is -2.08. The van der Waals surface area contributed by atoms with Crippen LogP contribution in [0.2, 0.25) is 0 Å². The number of hydrogen-bond acceptors (Lipinski definition) is 3. The van der Waals surface area contributed by atoms with Gasteiger partial charge in [-0.15, -0.1) is 0 Å². The summed E-state index contributed by atoms with van der Waals surface area (Å²) in [5.41, 5.74) is 5.43. The average Bonchev–Trinajstić information content (AvgIpc) is 2.32. The number of unbranched alkanes of at least 4 members (excludes halogenated alkanes) is 1. The molecular weight excluding hydrogens is 223 g/mol. The molecular formula is C12H17FN2O2. The van der Waals surface area contributed by atoms with Gasteiger partial charge in [-0.25, -0.2) is 14.6 Å². The van der Waals surface area contributed by atoms with Crippen molar-refractivity contribution in [2.24, 2.45) is 0 Å². The van der Waals surface area contributed by atoms with Gasteiger partial charge in [0, 0.05) is 12.1 Å². The van der Waals surface area contributed by atoms with E-state index in [4.69, 9.17) is 4.74 Å². The minimum atomic E-state index is -0.546. The summed E-state index contributed by atoms with van der Waals surface area (Å²) in [4.78, 5) is 11.1. The number of hydrazine groups is 1. The summed E-state index contributed by atoms with van der Waals surface area (Å²) in [5.74, 6) is -0.304. The predicted molar refractivity (Wildman–Crippen MR) is 62.6 cm³/mol. The molecule has 1 rings (SSSR count). The van der Waals surface area contributed by atoms with Gasteiger partial charge in [-0.1, -0.05) is 31.5 Å². The van der Waals surface area contributed by atoms with Gasteiger partial charge in [0.15, 0.2) is 0 Å². The Labute approximate surface area is 100 Å². The van der Waals surface area contributed by atoms with Gasteiger partial charge < -0.3 is 4.74 Å². The quantitative estimate of drug-likeness (QED) is 0.593. The van der Waals surface area contributed by atoms with Crippen molar-refractivity contribution in [3.63, 3.8) is 0 Å². The highest BCUT2D eigenvalue weighted by atomic mass is 19.1. The molecule has 0 spiro atoms. The molecule has 0 fully saturated rings. The molecule has 0 aliphatic rings. The summed E-state index contributed by atoms with van der Waals surface area (Å²) in [6.45, 7) is 2.62. The molecule has 0 aliphatic heterocycles. The van der Waals surface area contributed by atoms with Gasteiger partial charge in [-0.05, 0) is 12.5 Å². The molecule has 0 heterocycles. The van der Waals surface area contributed by atoms with Crippen molar-refractivity contribution in [3.8, 4) is 0 Å². The summed E-state index contributed by atoms with van der Waals surface area (Å²) in [5, 5.41) is 0. The Balaban J connectivity index is 2.19. The van der Waals surface area contributed by atoms with Crippen LogP contribution in [0.3, 0.4) is 0 Å². The fourth-order valence-electron chi connectivity index (χ4n) is 1.20. The van der Waals surface area contributed by atoms with E-state index in [9.17, 15) is 9.18 Å². The topological polar surface area (TPSA) is 50.4 Å². The van der Waals surface area contributed by atoms with Crippen molar-refractivity contribution in [1.29, 1.82) is 0 Å². The summed E-state index contributed by atoms with van der Waals surface area (Å²) in [7, 11) is 0. The number of ether oxygens (including phenoxy) is 1. The standard InChI is InChI=1S/C12H17FN2O2/c1-2-3-8-17-12(16)15-14-9-10-6-4-5-7-11(10)13/h4-7,14H,2-3,8-9H2,1H3,(H,15,16). The molecule has 5 heteroatoms. The van der Waals surface area contributed by atoms with Gasteiger partial charge in [0.2, 0.25) is 0 Å². The van der Waals surface area contributed by atoms with Crippen molar-refractivity contribution in [2.45, 2.75) is 26.3 Å². The number of amides is 1. The van der Waals surface area contributed by atoms with Crippen LogP contribution in [0.1, 0.15) is 25.3 Å². The van der Waals surface area contributed by atoms with E-state index < -0.39 is 6.09 Å². The number of carbonyl (C=O) groups is 1. The molecule has 4 nitrogen and oxygen atoms in total. The summed E-state index contributed by atoms with van der Waals surface area (Å²) < 4.78 is 18.0. The van der Waals surface area contributed by atoms with Crippen LogP contribution in [0.15, 0.2) is 24.3 Å². The number of nitrogens with one attached hydrogen (secondary N) is 2. The van der Waals surface area contributed by atoms with Crippen molar-refractivity contribution in [2.75, 3.05) is 6.61 Å². The molecule has 0 unspecified atom stereocenters. The monoisotopic (exact) mass is 240 g/mol. The van der Waals surface area contributed by atoms with Crippen molar-refractivity contribution >= 4 is 6.09 Å². The SMILES string of the molecule is CCCCOC(=O)NNCc1ccccc1F. The first-order valence-electron chi connectivity index (χ1n) is 5.63. The first kappa shape index (κ1) is 13.4. The number of benzene rings is 1. The van der Waals surface area contributed by atoms with Gasteiger partial charge in [-0.3, -0.25) is 5.43 Å². The first-order chi connectivity index (χ1) is 8.24. The Bertz CT molecular complexity index is 358. The zero-order valence-electron chi connectivity index (χ0n) is 9.83. The number of halogens is 1. The minimum Gasteiger partial charge on any atom is -0.449 e. The first-order valence-corrected chi connectivity index (χ1v) is 5.63. The van der Waals surface area contributed by atoms with Crippen molar-refractivity contribution < 1.29 is 13.9 Å². The Morgan fingerprint density at radius 3 is 2.88 bits per heavy atom. The normalized spacial score (nSPS) is 10.0. The molecule has 1 amide bonds. The highest BCUT2D eigenvalue weighted by Gasteiger charge is 2.02. The summed E-state index contributed by atoms with van der Waals surface area (Å²) >= 11 is 0. The third-order valence-corrected chi connectivity index (χ3v) is 2.16. The average molecular weight is 240 g/mol. The highest BCUT2D eigenvalue weighted by Crippen LogP contribution is 2.04. The van der Waals surface area contributed by atoms with E-state index in [0.717, 1.165) is 12.8 Å². The fraction of sp³-hybridized carbons (Fsp3) is 0.417. The van der Waals surface area contributed by atoms with E-state index in [1.165, 1.54) is 6.07 Å². The molecule has 1 aromatic carbocycles. The summed E-state index contributed by atoms with van der Waals surface area (Å²) in [6, 6.07) is 6.37. The maximum atomic E-state index is 13.2. The van der Waals surface area contributed by atoms with Crippen LogP contribution in [-0.4, -0.2) is 12.7 Å². The Kier molecular flexibility index (Phi) is 6.03. The van der Waals surface area contributed by atoms with Crippen LogP contribution in [0.5, 0.6) is 0 Å². The molecule has 2 N–H and O–H groups in total. The van der Waals surface area contributed by atoms with Crippen LogP contribution < -0.4 is 10.9 Å². The second-order valence-electron chi connectivity index (χ2n) is 3.56. The molecule has 1 aromatic rings. The van der Waals surface area contributed by atoms with Gasteiger partial charge in [0.1, 0.15) is 5.82 Å². The van der Waals surface area contributed by atoms with Gasteiger partial charge >= 0.3 is 6.09 Å². The molecule has 0 bridgehead atoms. The lowest BCUT2D eigenvalue weighted by Crippen LogP contribution is -2.37. The third kappa shape index (κ3) is 5.31. The van der Waals surface area contributed by atoms with Crippen LogP contribution in [0.25, 0.3) is 0 Å². The minimum absolute atomic E-state index is 0.218. The number of carbonyl (C=O) groups excluding carboxylic acids is 1. The number of rotatable bonds is 6. The van der Waals surface area contributed by atoms with E-state index in [-0.39, 0.29) is 12.4 Å². The molecule has 0 aliphatic carbocycles. The van der Waals surface area contributed by atoms with E-state index in [2.05, 4.69) is 10.9 Å². The van der Waals surface area contributed by atoms with Crippen LogP contribution in [0, 0.1) is 5.82 Å². The molecule has 17 heavy (non-hydrogen) atoms. The largest absolute Gasteiger partial charge is 0.449 e. The molecule has 0 aromatic heterocycles. The summed E-state index contributed by atoms with van der Waals surface area (Å²) in [6.07, 6.45) is 1.26. The zero-order chi connectivity index (χ0) is 12.5. The maximum absolute atomic E-state index is 13.2. The smallest absolute Gasteiger partial charge is 0.421 e. The van der Waals surface area contributed by atoms with Crippen LogP contribution in [-0.2, 0) is 11.3 Å². The van der Waals surface area contributed by atoms with Gasteiger partial charge in [0.25, 0.3) is 0 Å².